The number of alkyl halides is 2. The molecule has 2 nitrogen and oxygen atoms in total. The molecule has 0 aromatic rings. The third kappa shape index (κ3) is 7.20. The average molecular weight is 292 g/mol. The predicted molar refractivity (Wildman–Crippen MR) is 77.9 cm³/mol. The van der Waals surface area contributed by atoms with Gasteiger partial charge in [-0.2, -0.15) is 4.39 Å². The molecule has 20 heavy (non-hydrogen) atoms. The third-order valence-corrected chi connectivity index (χ3v) is 3.76. The fraction of sp³-hybridized carbons (Fsp3) is 0.938. The highest BCUT2D eigenvalue weighted by atomic mass is 19.2. The van der Waals surface area contributed by atoms with Gasteiger partial charge in [-0.1, -0.05) is 52.9 Å². The van der Waals surface area contributed by atoms with E-state index in [0.717, 1.165) is 32.6 Å². The fourth-order valence-corrected chi connectivity index (χ4v) is 2.47. The second kappa shape index (κ2) is 10.1. The first-order valence-electron chi connectivity index (χ1n) is 7.92. The molecule has 0 spiro atoms. The van der Waals surface area contributed by atoms with E-state index in [0.29, 0.717) is 18.8 Å². The molecule has 0 amide bonds. The summed E-state index contributed by atoms with van der Waals surface area (Å²) >= 11 is 0. The monoisotopic (exact) mass is 292 g/mol. The first kappa shape index (κ1) is 19.3. The van der Waals surface area contributed by atoms with Crippen LogP contribution in [0.5, 0.6) is 0 Å². The van der Waals surface area contributed by atoms with Crippen molar-refractivity contribution < 1.29 is 18.3 Å². The summed E-state index contributed by atoms with van der Waals surface area (Å²) < 4.78 is 33.5. The minimum atomic E-state index is -2.46. The lowest BCUT2D eigenvalue weighted by Gasteiger charge is -2.29. The van der Waals surface area contributed by atoms with Gasteiger partial charge in [0.1, 0.15) is 0 Å². The quantitative estimate of drug-likeness (QED) is 0.480. The molecule has 0 radical (unpaired) electrons. The van der Waals surface area contributed by atoms with E-state index in [9.17, 15) is 13.6 Å². The molecular weight excluding hydrogens is 262 g/mol. The number of esters is 1. The maximum Gasteiger partial charge on any atom is 0.305 e. The third-order valence-electron chi connectivity index (χ3n) is 3.76. The van der Waals surface area contributed by atoms with Crippen LogP contribution in [0.1, 0.15) is 79.1 Å². The number of ether oxygens (including phenoxy) is 1. The predicted octanol–water partition coefficient (Wildman–Crippen LogP) is 5.35. The Labute approximate surface area is 122 Å². The SMILES string of the molecule is CCCCC(F)C(F)(CCC(CC)CCC)OC(C)=O. The topological polar surface area (TPSA) is 26.3 Å². The van der Waals surface area contributed by atoms with Gasteiger partial charge in [0.25, 0.3) is 5.85 Å². The summed E-state index contributed by atoms with van der Waals surface area (Å²) in [6.07, 6.45) is 3.24. The zero-order chi connectivity index (χ0) is 15.6. The molecule has 0 fully saturated rings. The normalized spacial score (nSPS) is 17.3. The summed E-state index contributed by atoms with van der Waals surface area (Å²) in [6, 6.07) is 0. The van der Waals surface area contributed by atoms with Crippen LogP contribution < -0.4 is 0 Å². The Bertz CT molecular complexity index is 271. The molecule has 0 aromatic heterocycles. The second-order valence-electron chi connectivity index (χ2n) is 5.59. The van der Waals surface area contributed by atoms with Crippen molar-refractivity contribution in [3.05, 3.63) is 0 Å². The summed E-state index contributed by atoms with van der Waals surface area (Å²) in [5.74, 6) is -2.85. The molecule has 3 unspecified atom stereocenters. The molecule has 0 rings (SSSR count). The lowest BCUT2D eigenvalue weighted by molar-refractivity contribution is -0.203. The smallest absolute Gasteiger partial charge is 0.305 e. The van der Waals surface area contributed by atoms with Crippen LogP contribution in [0, 0.1) is 5.92 Å². The summed E-state index contributed by atoms with van der Waals surface area (Å²) in [6.45, 7) is 7.18. The number of hydrogen-bond acceptors (Lipinski definition) is 2. The van der Waals surface area contributed by atoms with Gasteiger partial charge in [-0.05, 0) is 18.8 Å². The van der Waals surface area contributed by atoms with E-state index in [-0.39, 0.29) is 12.8 Å². The van der Waals surface area contributed by atoms with Gasteiger partial charge in [-0.3, -0.25) is 4.79 Å². The molecule has 0 bridgehead atoms. The van der Waals surface area contributed by atoms with Gasteiger partial charge in [-0.15, -0.1) is 0 Å². The summed E-state index contributed by atoms with van der Waals surface area (Å²) in [4.78, 5) is 11.0. The molecule has 0 saturated carbocycles. The molecule has 120 valence electrons. The maximum atomic E-state index is 14.7. The van der Waals surface area contributed by atoms with Crippen molar-refractivity contribution in [1.82, 2.24) is 0 Å². The van der Waals surface area contributed by atoms with Gasteiger partial charge in [0.2, 0.25) is 0 Å². The maximum absolute atomic E-state index is 14.7. The van der Waals surface area contributed by atoms with E-state index < -0.39 is 18.0 Å². The Kier molecular flexibility index (Phi) is 9.78. The molecule has 0 heterocycles. The highest BCUT2D eigenvalue weighted by molar-refractivity contribution is 5.66. The zero-order valence-corrected chi connectivity index (χ0v) is 13.4. The van der Waals surface area contributed by atoms with E-state index in [1.165, 1.54) is 0 Å². The first-order chi connectivity index (χ1) is 9.39. The average Bonchev–Trinajstić information content (AvgIpc) is 2.39. The first-order valence-corrected chi connectivity index (χ1v) is 7.92. The standard InChI is InChI=1S/C16H30F2O2/c1-5-8-10-15(17)16(18,20-13(4)19)12-11-14(7-3)9-6-2/h14-15H,5-12H2,1-4H3. The molecule has 0 aliphatic heterocycles. The van der Waals surface area contributed by atoms with Crippen LogP contribution >= 0.6 is 0 Å². The Balaban J connectivity index is 4.63. The van der Waals surface area contributed by atoms with Crippen LogP contribution in [0.15, 0.2) is 0 Å². The molecule has 0 aliphatic carbocycles. The van der Waals surface area contributed by atoms with Crippen LogP contribution in [0.3, 0.4) is 0 Å². The van der Waals surface area contributed by atoms with Gasteiger partial charge in [0, 0.05) is 13.3 Å². The van der Waals surface area contributed by atoms with Crippen molar-refractivity contribution >= 4 is 5.97 Å². The molecule has 3 atom stereocenters. The Morgan fingerprint density at radius 1 is 1.15 bits per heavy atom. The van der Waals surface area contributed by atoms with Crippen LogP contribution in [0.2, 0.25) is 0 Å². The molecule has 0 N–H and O–H groups in total. The zero-order valence-electron chi connectivity index (χ0n) is 13.4. The van der Waals surface area contributed by atoms with Gasteiger partial charge < -0.3 is 4.74 Å². The number of carbonyl (C=O) groups excluding carboxylic acids is 1. The fourth-order valence-electron chi connectivity index (χ4n) is 2.47. The van der Waals surface area contributed by atoms with Gasteiger partial charge in [0.05, 0.1) is 0 Å². The highest BCUT2D eigenvalue weighted by Crippen LogP contribution is 2.33. The highest BCUT2D eigenvalue weighted by Gasteiger charge is 2.42. The minimum absolute atomic E-state index is 0.0457. The largest absolute Gasteiger partial charge is 0.425 e. The van der Waals surface area contributed by atoms with Crippen molar-refractivity contribution in [2.75, 3.05) is 0 Å². The Morgan fingerprint density at radius 2 is 1.80 bits per heavy atom. The molecule has 4 heteroatoms. The van der Waals surface area contributed by atoms with Crippen LogP contribution in [0.4, 0.5) is 8.78 Å². The van der Waals surface area contributed by atoms with Crippen LogP contribution in [0.25, 0.3) is 0 Å². The number of unbranched alkanes of at least 4 members (excludes halogenated alkanes) is 1. The van der Waals surface area contributed by atoms with Crippen molar-refractivity contribution in [1.29, 1.82) is 0 Å². The Hall–Kier alpha value is -0.670. The van der Waals surface area contributed by atoms with E-state index in [2.05, 4.69) is 18.6 Å². The summed E-state index contributed by atoms with van der Waals surface area (Å²) in [7, 11) is 0. The van der Waals surface area contributed by atoms with Gasteiger partial charge >= 0.3 is 5.97 Å². The minimum Gasteiger partial charge on any atom is -0.425 e. The Morgan fingerprint density at radius 3 is 2.25 bits per heavy atom. The van der Waals surface area contributed by atoms with Gasteiger partial charge in [0.15, 0.2) is 6.17 Å². The number of halogens is 2. The number of carbonyl (C=O) groups is 1. The molecule has 0 saturated heterocycles. The summed E-state index contributed by atoms with van der Waals surface area (Å²) in [5, 5.41) is 0. The lowest BCUT2D eigenvalue weighted by Crippen LogP contribution is -2.40. The van der Waals surface area contributed by atoms with E-state index in [4.69, 9.17) is 0 Å². The number of hydrogen-bond donors (Lipinski definition) is 0. The molecule has 0 aliphatic rings. The van der Waals surface area contributed by atoms with Crippen LogP contribution in [-0.2, 0) is 9.53 Å². The van der Waals surface area contributed by atoms with Crippen LogP contribution in [-0.4, -0.2) is 18.0 Å². The summed E-state index contributed by atoms with van der Waals surface area (Å²) in [5.41, 5.74) is 0. The van der Waals surface area contributed by atoms with E-state index >= 15 is 0 Å². The molecular formula is C16H30F2O2. The van der Waals surface area contributed by atoms with E-state index in [1.807, 2.05) is 6.92 Å². The van der Waals surface area contributed by atoms with Crippen molar-refractivity contribution in [2.45, 2.75) is 91.1 Å². The second-order valence-corrected chi connectivity index (χ2v) is 5.59. The molecule has 0 aromatic carbocycles. The van der Waals surface area contributed by atoms with Crippen molar-refractivity contribution in [3.63, 3.8) is 0 Å². The number of rotatable bonds is 11. The van der Waals surface area contributed by atoms with Gasteiger partial charge in [-0.25, -0.2) is 4.39 Å². The van der Waals surface area contributed by atoms with Crippen molar-refractivity contribution in [2.24, 2.45) is 5.92 Å². The lowest BCUT2D eigenvalue weighted by atomic mass is 9.91. The van der Waals surface area contributed by atoms with Crippen molar-refractivity contribution in [3.8, 4) is 0 Å². The van der Waals surface area contributed by atoms with E-state index in [1.54, 1.807) is 0 Å².